The van der Waals surface area contributed by atoms with E-state index in [9.17, 15) is 4.79 Å². The van der Waals surface area contributed by atoms with Gasteiger partial charge >= 0.3 is 0 Å². The van der Waals surface area contributed by atoms with Crippen molar-refractivity contribution in [2.45, 2.75) is 44.6 Å². The van der Waals surface area contributed by atoms with Crippen molar-refractivity contribution in [2.24, 2.45) is 5.92 Å². The zero-order valence-electron chi connectivity index (χ0n) is 13.3. The van der Waals surface area contributed by atoms with Gasteiger partial charge in [0, 0.05) is 35.9 Å². The van der Waals surface area contributed by atoms with Crippen LogP contribution in [0.3, 0.4) is 0 Å². The second kappa shape index (κ2) is 6.04. The minimum atomic E-state index is 0.140. The van der Waals surface area contributed by atoms with E-state index < -0.39 is 0 Å². The third-order valence-electron chi connectivity index (χ3n) is 4.93. The SMILES string of the molecule is Cc1csc(C2CCCCN2C(=O)C2CC2c2cccnc2)n1. The van der Waals surface area contributed by atoms with Crippen LogP contribution in [-0.2, 0) is 4.79 Å². The van der Waals surface area contributed by atoms with Crippen LogP contribution in [-0.4, -0.2) is 27.3 Å². The first kappa shape index (κ1) is 14.8. The molecule has 3 unspecified atom stereocenters. The van der Waals surface area contributed by atoms with Crippen LogP contribution in [0, 0.1) is 12.8 Å². The Bertz CT molecular complexity index is 699. The van der Waals surface area contributed by atoms with E-state index in [1.165, 1.54) is 12.0 Å². The fraction of sp³-hybridized carbons (Fsp3) is 0.500. The minimum Gasteiger partial charge on any atom is -0.333 e. The molecule has 1 saturated carbocycles. The molecule has 2 aromatic heterocycles. The molecule has 5 heteroatoms. The van der Waals surface area contributed by atoms with Crippen LogP contribution in [0.15, 0.2) is 29.9 Å². The predicted octanol–water partition coefficient (Wildman–Crippen LogP) is 3.70. The van der Waals surface area contributed by atoms with Crippen LogP contribution >= 0.6 is 11.3 Å². The molecule has 1 saturated heterocycles. The Balaban J connectivity index is 1.51. The lowest BCUT2D eigenvalue weighted by atomic mass is 10.0. The molecule has 0 radical (unpaired) electrons. The summed E-state index contributed by atoms with van der Waals surface area (Å²) < 4.78 is 0. The van der Waals surface area contributed by atoms with Gasteiger partial charge in [0.15, 0.2) is 0 Å². The van der Waals surface area contributed by atoms with Crippen LogP contribution in [0.1, 0.15) is 53.9 Å². The lowest BCUT2D eigenvalue weighted by Gasteiger charge is -2.35. The van der Waals surface area contributed by atoms with Gasteiger partial charge in [-0.25, -0.2) is 4.98 Å². The Morgan fingerprint density at radius 2 is 2.30 bits per heavy atom. The molecule has 4 rings (SSSR count). The number of amides is 1. The van der Waals surface area contributed by atoms with E-state index in [0.29, 0.717) is 11.8 Å². The Morgan fingerprint density at radius 1 is 1.39 bits per heavy atom. The van der Waals surface area contributed by atoms with Crippen LogP contribution in [0.4, 0.5) is 0 Å². The Labute approximate surface area is 140 Å². The van der Waals surface area contributed by atoms with Crippen molar-refractivity contribution in [3.8, 4) is 0 Å². The Morgan fingerprint density at radius 3 is 3.04 bits per heavy atom. The first-order valence-corrected chi connectivity index (χ1v) is 9.24. The molecule has 2 fully saturated rings. The second-order valence-electron chi connectivity index (χ2n) is 6.61. The van der Waals surface area contributed by atoms with Crippen molar-refractivity contribution in [3.63, 3.8) is 0 Å². The molecule has 2 aliphatic rings. The molecule has 3 heterocycles. The smallest absolute Gasteiger partial charge is 0.226 e. The molecular formula is C18H21N3OS. The summed E-state index contributed by atoms with van der Waals surface area (Å²) in [5.41, 5.74) is 2.26. The molecule has 4 nitrogen and oxygen atoms in total. The van der Waals surface area contributed by atoms with Crippen LogP contribution in [0.5, 0.6) is 0 Å². The topological polar surface area (TPSA) is 46.1 Å². The zero-order valence-corrected chi connectivity index (χ0v) is 14.1. The summed E-state index contributed by atoms with van der Waals surface area (Å²) >= 11 is 1.69. The zero-order chi connectivity index (χ0) is 15.8. The number of likely N-dealkylation sites (tertiary alicyclic amines) is 1. The average Bonchev–Trinajstić information content (AvgIpc) is 3.29. The van der Waals surface area contributed by atoms with E-state index in [1.807, 2.05) is 19.2 Å². The summed E-state index contributed by atoms with van der Waals surface area (Å²) in [7, 11) is 0. The maximum atomic E-state index is 13.0. The summed E-state index contributed by atoms with van der Waals surface area (Å²) in [6, 6.07) is 4.23. The summed E-state index contributed by atoms with van der Waals surface area (Å²) in [5.74, 6) is 0.814. The third-order valence-corrected chi connectivity index (χ3v) is 5.99. The number of carbonyl (C=O) groups excluding carboxylic acids is 1. The fourth-order valence-corrected chi connectivity index (χ4v) is 4.56. The number of hydrogen-bond acceptors (Lipinski definition) is 4. The number of nitrogens with zero attached hydrogens (tertiary/aromatic N) is 3. The van der Waals surface area contributed by atoms with Gasteiger partial charge in [0.2, 0.25) is 5.91 Å². The number of pyridine rings is 1. The standard InChI is InChI=1S/C18H21N3OS/c1-12-11-23-17(20-12)16-6-2-3-8-21(16)18(22)15-9-14(15)13-5-4-7-19-10-13/h4-5,7,10-11,14-16H,2-3,6,8-9H2,1H3. The van der Waals surface area contributed by atoms with E-state index in [0.717, 1.165) is 36.5 Å². The molecule has 0 N–H and O–H groups in total. The summed E-state index contributed by atoms with van der Waals surface area (Å²) in [4.78, 5) is 23.9. The van der Waals surface area contributed by atoms with Gasteiger partial charge in [-0.1, -0.05) is 6.07 Å². The van der Waals surface area contributed by atoms with Crippen molar-refractivity contribution in [1.82, 2.24) is 14.9 Å². The molecule has 0 aromatic carbocycles. The summed E-state index contributed by atoms with van der Waals surface area (Å²) in [6.07, 6.45) is 7.98. The van der Waals surface area contributed by atoms with E-state index in [4.69, 9.17) is 0 Å². The maximum Gasteiger partial charge on any atom is 0.226 e. The van der Waals surface area contributed by atoms with Gasteiger partial charge < -0.3 is 4.90 Å². The maximum absolute atomic E-state index is 13.0. The second-order valence-corrected chi connectivity index (χ2v) is 7.50. The Hall–Kier alpha value is -1.75. The number of piperidine rings is 1. The molecule has 23 heavy (non-hydrogen) atoms. The first-order valence-electron chi connectivity index (χ1n) is 8.36. The molecule has 120 valence electrons. The largest absolute Gasteiger partial charge is 0.333 e. The van der Waals surface area contributed by atoms with Crippen molar-refractivity contribution in [3.05, 3.63) is 46.2 Å². The molecule has 2 aromatic rings. The van der Waals surface area contributed by atoms with E-state index >= 15 is 0 Å². The van der Waals surface area contributed by atoms with Gasteiger partial charge in [0.25, 0.3) is 0 Å². The summed E-state index contributed by atoms with van der Waals surface area (Å²) in [5, 5.41) is 3.19. The highest BCUT2D eigenvalue weighted by Gasteiger charge is 2.47. The normalized spacial score (nSPS) is 27.0. The number of aryl methyl sites for hydroxylation is 1. The molecule has 0 bridgehead atoms. The predicted molar refractivity (Wildman–Crippen MR) is 90.2 cm³/mol. The number of aromatic nitrogens is 2. The number of thiazole rings is 1. The quantitative estimate of drug-likeness (QED) is 0.863. The van der Waals surface area contributed by atoms with Gasteiger partial charge in [-0.05, 0) is 50.2 Å². The van der Waals surface area contributed by atoms with Crippen LogP contribution in [0.25, 0.3) is 0 Å². The highest BCUT2D eigenvalue weighted by atomic mass is 32.1. The van der Waals surface area contributed by atoms with Crippen LogP contribution in [0.2, 0.25) is 0 Å². The average molecular weight is 327 g/mol. The van der Waals surface area contributed by atoms with Gasteiger partial charge in [-0.15, -0.1) is 11.3 Å². The fourth-order valence-electron chi connectivity index (χ4n) is 3.62. The highest BCUT2D eigenvalue weighted by Crippen LogP contribution is 2.49. The molecule has 3 atom stereocenters. The molecular weight excluding hydrogens is 306 g/mol. The van der Waals surface area contributed by atoms with Crippen molar-refractivity contribution < 1.29 is 4.79 Å². The number of rotatable bonds is 3. The van der Waals surface area contributed by atoms with Crippen molar-refractivity contribution in [2.75, 3.05) is 6.54 Å². The monoisotopic (exact) mass is 327 g/mol. The third kappa shape index (κ3) is 2.90. The molecule has 1 aliphatic heterocycles. The lowest BCUT2D eigenvalue weighted by Crippen LogP contribution is -2.39. The van der Waals surface area contributed by atoms with Gasteiger partial charge in [-0.2, -0.15) is 0 Å². The van der Waals surface area contributed by atoms with E-state index in [2.05, 4.69) is 26.3 Å². The first-order chi connectivity index (χ1) is 11.2. The van der Waals surface area contributed by atoms with Gasteiger partial charge in [-0.3, -0.25) is 9.78 Å². The van der Waals surface area contributed by atoms with Crippen molar-refractivity contribution in [1.29, 1.82) is 0 Å². The molecule has 0 spiro atoms. The summed E-state index contributed by atoms with van der Waals surface area (Å²) in [6.45, 7) is 2.90. The number of carbonyl (C=O) groups is 1. The number of hydrogen-bond donors (Lipinski definition) is 0. The van der Waals surface area contributed by atoms with Crippen molar-refractivity contribution >= 4 is 17.2 Å². The van der Waals surface area contributed by atoms with Crippen LogP contribution < -0.4 is 0 Å². The molecule has 1 aliphatic carbocycles. The van der Waals surface area contributed by atoms with Gasteiger partial charge in [0.1, 0.15) is 5.01 Å². The van der Waals surface area contributed by atoms with E-state index in [-0.39, 0.29) is 12.0 Å². The lowest BCUT2D eigenvalue weighted by molar-refractivity contribution is -0.136. The minimum absolute atomic E-state index is 0.140. The Kier molecular flexibility index (Phi) is 3.89. The van der Waals surface area contributed by atoms with E-state index in [1.54, 1.807) is 17.5 Å². The molecule has 1 amide bonds. The van der Waals surface area contributed by atoms with Gasteiger partial charge in [0.05, 0.1) is 6.04 Å². The highest BCUT2D eigenvalue weighted by molar-refractivity contribution is 7.09.